The third-order valence-corrected chi connectivity index (χ3v) is 4.28. The molecule has 1 aromatic carbocycles. The van der Waals surface area contributed by atoms with E-state index in [0.717, 1.165) is 18.5 Å². The minimum absolute atomic E-state index is 0.338. The Morgan fingerprint density at radius 1 is 1.16 bits per heavy atom. The molecule has 1 aliphatic carbocycles. The second-order valence-corrected chi connectivity index (χ2v) is 6.05. The average molecular weight is 261 g/mol. The summed E-state index contributed by atoms with van der Waals surface area (Å²) in [6.07, 6.45) is 5.79. The van der Waals surface area contributed by atoms with E-state index < -0.39 is 0 Å². The van der Waals surface area contributed by atoms with Crippen LogP contribution >= 0.6 is 0 Å². The first-order valence-corrected chi connectivity index (χ1v) is 7.57. The zero-order valence-electron chi connectivity index (χ0n) is 12.5. The van der Waals surface area contributed by atoms with Crippen LogP contribution in [0.4, 0.5) is 0 Å². The fourth-order valence-corrected chi connectivity index (χ4v) is 3.42. The summed E-state index contributed by atoms with van der Waals surface area (Å²) in [5.74, 6) is 0. The number of hydrogen-bond donors (Lipinski definition) is 2. The first-order chi connectivity index (χ1) is 9.08. The summed E-state index contributed by atoms with van der Waals surface area (Å²) >= 11 is 0. The van der Waals surface area contributed by atoms with Crippen LogP contribution in [-0.2, 0) is 0 Å². The lowest BCUT2D eigenvalue weighted by atomic mass is 9.94. The summed E-state index contributed by atoms with van der Waals surface area (Å²) in [6, 6.07) is 5.01. The first-order valence-electron chi connectivity index (χ1n) is 7.57. The Kier molecular flexibility index (Phi) is 5.00. The standard InChI is InChI=1S/C17H27NO/c1-12-10-13(2)17(14(3)11-12)16(19)8-9-18-15-6-4-5-7-15/h10-11,15-16,18-19H,4-9H2,1-3H3. The SMILES string of the molecule is Cc1cc(C)c(C(O)CCNC2CCCC2)c(C)c1. The van der Waals surface area contributed by atoms with E-state index in [1.165, 1.54) is 42.4 Å². The van der Waals surface area contributed by atoms with Crippen molar-refractivity contribution in [1.82, 2.24) is 5.32 Å². The van der Waals surface area contributed by atoms with Gasteiger partial charge in [0, 0.05) is 6.04 Å². The molecule has 2 rings (SSSR count). The van der Waals surface area contributed by atoms with Gasteiger partial charge in [-0.3, -0.25) is 0 Å². The van der Waals surface area contributed by atoms with Gasteiger partial charge in [0.25, 0.3) is 0 Å². The zero-order chi connectivity index (χ0) is 13.8. The second-order valence-electron chi connectivity index (χ2n) is 6.05. The maximum Gasteiger partial charge on any atom is 0.0807 e. The van der Waals surface area contributed by atoms with E-state index in [1.54, 1.807) is 0 Å². The zero-order valence-corrected chi connectivity index (χ0v) is 12.5. The molecule has 0 amide bonds. The fourth-order valence-electron chi connectivity index (χ4n) is 3.42. The van der Waals surface area contributed by atoms with Crippen LogP contribution in [0.25, 0.3) is 0 Å². The molecule has 106 valence electrons. The Hall–Kier alpha value is -0.860. The van der Waals surface area contributed by atoms with E-state index in [-0.39, 0.29) is 6.10 Å². The van der Waals surface area contributed by atoms with Crippen molar-refractivity contribution in [1.29, 1.82) is 0 Å². The molecule has 0 saturated heterocycles. The van der Waals surface area contributed by atoms with Gasteiger partial charge in [-0.25, -0.2) is 0 Å². The first kappa shape index (κ1) is 14.5. The molecule has 0 aromatic heterocycles. The highest BCUT2D eigenvalue weighted by molar-refractivity contribution is 5.38. The van der Waals surface area contributed by atoms with Crippen LogP contribution in [0.5, 0.6) is 0 Å². The van der Waals surface area contributed by atoms with Crippen molar-refractivity contribution in [3.63, 3.8) is 0 Å². The molecule has 0 heterocycles. The van der Waals surface area contributed by atoms with Gasteiger partial charge in [-0.1, -0.05) is 30.5 Å². The molecule has 1 aromatic rings. The highest BCUT2D eigenvalue weighted by atomic mass is 16.3. The molecule has 2 nitrogen and oxygen atoms in total. The van der Waals surface area contributed by atoms with Gasteiger partial charge in [-0.15, -0.1) is 0 Å². The minimum atomic E-state index is -0.338. The Morgan fingerprint density at radius 3 is 2.32 bits per heavy atom. The average Bonchev–Trinajstić information content (AvgIpc) is 2.80. The molecule has 1 unspecified atom stereocenters. The molecule has 0 radical (unpaired) electrons. The molecule has 0 bridgehead atoms. The summed E-state index contributed by atoms with van der Waals surface area (Å²) in [5, 5.41) is 14.0. The number of nitrogens with one attached hydrogen (secondary N) is 1. The summed E-state index contributed by atoms with van der Waals surface area (Å²) in [7, 11) is 0. The Balaban J connectivity index is 1.90. The van der Waals surface area contributed by atoms with Gasteiger partial charge in [0.05, 0.1) is 6.10 Å². The van der Waals surface area contributed by atoms with Crippen molar-refractivity contribution in [2.75, 3.05) is 6.54 Å². The lowest BCUT2D eigenvalue weighted by Gasteiger charge is -2.19. The Labute approximate surface area is 117 Å². The molecule has 1 saturated carbocycles. The summed E-state index contributed by atoms with van der Waals surface area (Å²) in [6.45, 7) is 7.22. The molecular formula is C17H27NO. The number of aliphatic hydroxyl groups is 1. The predicted molar refractivity (Wildman–Crippen MR) is 80.5 cm³/mol. The van der Waals surface area contributed by atoms with Crippen molar-refractivity contribution in [3.8, 4) is 0 Å². The van der Waals surface area contributed by atoms with Crippen LogP contribution in [-0.4, -0.2) is 17.7 Å². The molecule has 1 atom stereocenters. The highest BCUT2D eigenvalue weighted by Gasteiger charge is 2.16. The van der Waals surface area contributed by atoms with E-state index in [0.29, 0.717) is 6.04 Å². The molecular weight excluding hydrogens is 234 g/mol. The normalized spacial score (nSPS) is 17.9. The number of aliphatic hydroxyl groups excluding tert-OH is 1. The van der Waals surface area contributed by atoms with Gasteiger partial charge in [-0.2, -0.15) is 0 Å². The molecule has 1 fully saturated rings. The number of aryl methyl sites for hydroxylation is 3. The van der Waals surface area contributed by atoms with E-state index in [9.17, 15) is 5.11 Å². The van der Waals surface area contributed by atoms with Crippen LogP contribution in [0.3, 0.4) is 0 Å². The Bertz CT molecular complexity index is 398. The highest BCUT2D eigenvalue weighted by Crippen LogP contribution is 2.26. The second kappa shape index (κ2) is 6.53. The van der Waals surface area contributed by atoms with Crippen LogP contribution in [0.1, 0.15) is 60.5 Å². The van der Waals surface area contributed by atoms with Crippen molar-refractivity contribution >= 4 is 0 Å². The maximum absolute atomic E-state index is 10.4. The fraction of sp³-hybridized carbons (Fsp3) is 0.647. The molecule has 0 spiro atoms. The number of hydrogen-bond acceptors (Lipinski definition) is 2. The van der Waals surface area contributed by atoms with Crippen molar-refractivity contribution < 1.29 is 5.11 Å². The topological polar surface area (TPSA) is 32.3 Å². The molecule has 0 aliphatic heterocycles. The summed E-state index contributed by atoms with van der Waals surface area (Å²) < 4.78 is 0. The van der Waals surface area contributed by atoms with Crippen molar-refractivity contribution in [2.24, 2.45) is 0 Å². The van der Waals surface area contributed by atoms with Gasteiger partial charge < -0.3 is 10.4 Å². The van der Waals surface area contributed by atoms with E-state index >= 15 is 0 Å². The van der Waals surface area contributed by atoms with Crippen LogP contribution in [0, 0.1) is 20.8 Å². The lowest BCUT2D eigenvalue weighted by Crippen LogP contribution is -2.28. The van der Waals surface area contributed by atoms with Crippen molar-refractivity contribution in [3.05, 3.63) is 34.4 Å². The van der Waals surface area contributed by atoms with Crippen LogP contribution in [0.15, 0.2) is 12.1 Å². The van der Waals surface area contributed by atoms with Crippen molar-refractivity contribution in [2.45, 2.75) is 65.0 Å². The monoisotopic (exact) mass is 261 g/mol. The number of rotatable bonds is 5. The maximum atomic E-state index is 10.4. The van der Waals surface area contributed by atoms with Gasteiger partial charge >= 0.3 is 0 Å². The van der Waals surface area contributed by atoms with Crippen LogP contribution < -0.4 is 5.32 Å². The molecule has 1 aliphatic rings. The van der Waals surface area contributed by atoms with E-state index in [2.05, 4.69) is 38.2 Å². The lowest BCUT2D eigenvalue weighted by molar-refractivity contribution is 0.164. The third kappa shape index (κ3) is 3.80. The predicted octanol–water partition coefficient (Wildman–Crippen LogP) is 3.57. The van der Waals surface area contributed by atoms with Gasteiger partial charge in [0.1, 0.15) is 0 Å². The third-order valence-electron chi connectivity index (χ3n) is 4.28. The summed E-state index contributed by atoms with van der Waals surface area (Å²) in [5.41, 5.74) is 4.82. The van der Waals surface area contributed by atoms with Gasteiger partial charge in [0.2, 0.25) is 0 Å². The number of benzene rings is 1. The van der Waals surface area contributed by atoms with Crippen LogP contribution in [0.2, 0.25) is 0 Å². The Morgan fingerprint density at radius 2 is 1.74 bits per heavy atom. The minimum Gasteiger partial charge on any atom is -0.388 e. The van der Waals surface area contributed by atoms with E-state index in [4.69, 9.17) is 0 Å². The van der Waals surface area contributed by atoms with Gasteiger partial charge in [0.15, 0.2) is 0 Å². The van der Waals surface area contributed by atoms with E-state index in [1.807, 2.05) is 0 Å². The van der Waals surface area contributed by atoms with Gasteiger partial charge in [-0.05, 0) is 63.3 Å². The molecule has 2 heteroatoms. The quantitative estimate of drug-likeness (QED) is 0.849. The summed E-state index contributed by atoms with van der Waals surface area (Å²) in [4.78, 5) is 0. The smallest absolute Gasteiger partial charge is 0.0807 e. The molecule has 19 heavy (non-hydrogen) atoms. The molecule has 2 N–H and O–H groups in total. The largest absolute Gasteiger partial charge is 0.388 e.